The number of rotatable bonds is 3. The Bertz CT molecular complexity index is 602. The van der Waals surface area contributed by atoms with Crippen molar-refractivity contribution in [3.05, 3.63) is 33.8 Å². The zero-order valence-corrected chi connectivity index (χ0v) is 13.4. The van der Waals surface area contributed by atoms with Gasteiger partial charge < -0.3 is 0 Å². The van der Waals surface area contributed by atoms with Gasteiger partial charge in [0.05, 0.1) is 11.2 Å². The van der Waals surface area contributed by atoms with E-state index >= 15 is 0 Å². The third-order valence-corrected chi connectivity index (χ3v) is 5.52. The van der Waals surface area contributed by atoms with E-state index in [1.807, 2.05) is 0 Å². The molecule has 5 heteroatoms. The van der Waals surface area contributed by atoms with Crippen LogP contribution in [-0.2, 0) is 4.79 Å². The van der Waals surface area contributed by atoms with Crippen LogP contribution in [0.4, 0.5) is 0 Å². The van der Waals surface area contributed by atoms with Crippen molar-refractivity contribution in [1.29, 1.82) is 0 Å². The molecule has 0 aliphatic heterocycles. The molecule has 21 heavy (non-hydrogen) atoms. The van der Waals surface area contributed by atoms with Crippen molar-refractivity contribution in [2.24, 2.45) is 22.4 Å². The van der Waals surface area contributed by atoms with Crippen molar-refractivity contribution in [2.75, 3.05) is 0 Å². The first kappa shape index (κ1) is 14.9. The van der Waals surface area contributed by atoms with Crippen molar-refractivity contribution in [3.8, 4) is 0 Å². The molecule has 2 saturated carbocycles. The standard InChI is InChI=1S/C16H18Cl2N2O/c1-16-7-3-2-4-12(16)14(16)15(21)20-19-9-10-5-6-11(17)8-13(10)18/h5-6,8-9,12,14H,2-4,7H2,1H3,(H,20,21)/b19-9+/t12-,14+,16-/m0/s1. The number of hydrazone groups is 1. The van der Waals surface area contributed by atoms with E-state index in [2.05, 4.69) is 17.5 Å². The number of hydrogen-bond acceptors (Lipinski definition) is 2. The van der Waals surface area contributed by atoms with Crippen molar-refractivity contribution < 1.29 is 4.79 Å². The summed E-state index contributed by atoms with van der Waals surface area (Å²) in [4.78, 5) is 12.2. The Morgan fingerprint density at radius 1 is 1.43 bits per heavy atom. The van der Waals surface area contributed by atoms with Crippen LogP contribution in [0.5, 0.6) is 0 Å². The van der Waals surface area contributed by atoms with Crippen LogP contribution in [0.1, 0.15) is 38.2 Å². The van der Waals surface area contributed by atoms with E-state index in [0.717, 1.165) is 12.0 Å². The summed E-state index contributed by atoms with van der Waals surface area (Å²) >= 11 is 11.9. The molecule has 2 fully saturated rings. The maximum absolute atomic E-state index is 12.2. The molecule has 1 amide bonds. The number of amides is 1. The van der Waals surface area contributed by atoms with Gasteiger partial charge in [0.15, 0.2) is 0 Å². The quantitative estimate of drug-likeness (QED) is 0.654. The molecule has 0 spiro atoms. The minimum Gasteiger partial charge on any atom is -0.273 e. The molecule has 3 atom stereocenters. The second-order valence-electron chi connectivity index (χ2n) is 6.24. The van der Waals surface area contributed by atoms with Crippen LogP contribution in [0.15, 0.2) is 23.3 Å². The number of fused-ring (bicyclic) bond motifs is 1. The summed E-state index contributed by atoms with van der Waals surface area (Å²) in [6, 6.07) is 5.18. The molecule has 0 bridgehead atoms. The van der Waals surface area contributed by atoms with E-state index in [1.54, 1.807) is 24.4 Å². The number of nitrogens with zero attached hydrogens (tertiary/aromatic N) is 1. The zero-order chi connectivity index (χ0) is 15.0. The lowest BCUT2D eigenvalue weighted by molar-refractivity contribution is -0.123. The summed E-state index contributed by atoms with van der Waals surface area (Å²) in [6.45, 7) is 2.22. The summed E-state index contributed by atoms with van der Waals surface area (Å²) in [5, 5.41) is 5.13. The first-order chi connectivity index (χ1) is 10.0. The molecule has 0 aromatic heterocycles. The van der Waals surface area contributed by atoms with E-state index in [4.69, 9.17) is 23.2 Å². The Kier molecular flexibility index (Phi) is 3.98. The fourth-order valence-electron chi connectivity index (χ4n) is 3.69. The summed E-state index contributed by atoms with van der Waals surface area (Å²) in [7, 11) is 0. The Morgan fingerprint density at radius 2 is 2.24 bits per heavy atom. The second-order valence-corrected chi connectivity index (χ2v) is 7.08. The maximum Gasteiger partial charge on any atom is 0.244 e. The average Bonchev–Trinajstić information content (AvgIpc) is 3.07. The van der Waals surface area contributed by atoms with Gasteiger partial charge in [-0.3, -0.25) is 4.79 Å². The number of nitrogens with one attached hydrogen (secondary N) is 1. The lowest BCUT2D eigenvalue weighted by atomic mass is 9.90. The zero-order valence-electron chi connectivity index (χ0n) is 11.9. The van der Waals surface area contributed by atoms with Crippen LogP contribution in [0, 0.1) is 17.3 Å². The van der Waals surface area contributed by atoms with Crippen LogP contribution >= 0.6 is 23.2 Å². The average molecular weight is 325 g/mol. The molecule has 112 valence electrons. The smallest absolute Gasteiger partial charge is 0.244 e. The molecule has 2 aliphatic rings. The highest BCUT2D eigenvalue weighted by Gasteiger charge is 2.64. The topological polar surface area (TPSA) is 41.5 Å². The molecule has 0 radical (unpaired) electrons. The number of carbonyl (C=O) groups excluding carboxylic acids is 1. The van der Waals surface area contributed by atoms with Gasteiger partial charge in [0, 0.05) is 16.5 Å². The highest BCUT2D eigenvalue weighted by atomic mass is 35.5. The lowest BCUT2D eigenvalue weighted by Crippen LogP contribution is -2.22. The predicted octanol–water partition coefficient (Wildman–Crippen LogP) is 4.27. The third kappa shape index (κ3) is 2.82. The van der Waals surface area contributed by atoms with Crippen molar-refractivity contribution >= 4 is 35.3 Å². The summed E-state index contributed by atoms with van der Waals surface area (Å²) in [6.07, 6.45) is 6.36. The van der Waals surface area contributed by atoms with Gasteiger partial charge in [-0.25, -0.2) is 5.43 Å². The van der Waals surface area contributed by atoms with Crippen LogP contribution in [-0.4, -0.2) is 12.1 Å². The van der Waals surface area contributed by atoms with Crippen molar-refractivity contribution in [2.45, 2.75) is 32.6 Å². The molecule has 0 unspecified atom stereocenters. The lowest BCUT2D eigenvalue weighted by Gasteiger charge is -2.15. The number of carbonyl (C=O) groups is 1. The summed E-state index contributed by atoms with van der Waals surface area (Å²) in [5.41, 5.74) is 3.60. The van der Waals surface area contributed by atoms with Gasteiger partial charge in [-0.2, -0.15) is 5.10 Å². The van der Waals surface area contributed by atoms with E-state index in [0.29, 0.717) is 16.0 Å². The summed E-state index contributed by atoms with van der Waals surface area (Å²) < 4.78 is 0. The molecular weight excluding hydrogens is 307 g/mol. The van der Waals surface area contributed by atoms with E-state index in [1.165, 1.54) is 19.3 Å². The van der Waals surface area contributed by atoms with Crippen LogP contribution < -0.4 is 5.43 Å². The number of hydrogen-bond donors (Lipinski definition) is 1. The highest BCUT2D eigenvalue weighted by molar-refractivity contribution is 6.36. The van der Waals surface area contributed by atoms with Crippen molar-refractivity contribution in [3.63, 3.8) is 0 Å². The molecular formula is C16H18Cl2N2O. The van der Waals surface area contributed by atoms with Crippen LogP contribution in [0.25, 0.3) is 0 Å². The normalized spacial score (nSPS) is 31.0. The van der Waals surface area contributed by atoms with E-state index in [-0.39, 0.29) is 17.2 Å². The molecule has 0 heterocycles. The largest absolute Gasteiger partial charge is 0.273 e. The SMILES string of the molecule is C[C@]12CCCC[C@H]1[C@@H]2C(=O)N/N=C/c1ccc(Cl)cc1Cl. The van der Waals surface area contributed by atoms with E-state index in [9.17, 15) is 4.79 Å². The molecule has 1 aromatic rings. The molecule has 3 rings (SSSR count). The molecule has 1 aromatic carbocycles. The van der Waals surface area contributed by atoms with Crippen molar-refractivity contribution in [1.82, 2.24) is 5.43 Å². The third-order valence-electron chi connectivity index (χ3n) is 4.95. The first-order valence-corrected chi connectivity index (χ1v) is 8.06. The Hall–Kier alpha value is -1.06. The molecule has 1 N–H and O–H groups in total. The molecule has 2 aliphatic carbocycles. The van der Waals surface area contributed by atoms with Gasteiger partial charge >= 0.3 is 0 Å². The molecule has 3 nitrogen and oxygen atoms in total. The maximum atomic E-state index is 12.2. The Balaban J connectivity index is 1.60. The Morgan fingerprint density at radius 3 is 2.90 bits per heavy atom. The van der Waals surface area contributed by atoms with Gasteiger partial charge in [-0.15, -0.1) is 0 Å². The first-order valence-electron chi connectivity index (χ1n) is 7.30. The Labute approximate surface area is 134 Å². The number of benzene rings is 1. The van der Waals surface area contributed by atoms with Crippen LogP contribution in [0.3, 0.4) is 0 Å². The fraction of sp³-hybridized carbons (Fsp3) is 0.500. The van der Waals surface area contributed by atoms with Gasteiger partial charge in [0.25, 0.3) is 0 Å². The predicted molar refractivity (Wildman–Crippen MR) is 85.8 cm³/mol. The molecule has 0 saturated heterocycles. The monoisotopic (exact) mass is 324 g/mol. The highest BCUT2D eigenvalue weighted by Crippen LogP contribution is 2.66. The second kappa shape index (κ2) is 5.62. The van der Waals surface area contributed by atoms with E-state index < -0.39 is 0 Å². The summed E-state index contributed by atoms with van der Waals surface area (Å²) in [5.74, 6) is 0.698. The fourth-order valence-corrected chi connectivity index (χ4v) is 4.15. The van der Waals surface area contributed by atoms with Gasteiger partial charge in [0.1, 0.15) is 0 Å². The van der Waals surface area contributed by atoms with Crippen LogP contribution in [0.2, 0.25) is 10.0 Å². The number of halogens is 2. The van der Waals surface area contributed by atoms with Gasteiger partial charge in [0.2, 0.25) is 5.91 Å². The minimum absolute atomic E-state index is 0.0331. The van der Waals surface area contributed by atoms with Gasteiger partial charge in [-0.1, -0.05) is 49.0 Å². The van der Waals surface area contributed by atoms with Gasteiger partial charge in [-0.05, 0) is 36.3 Å². The minimum atomic E-state index is 0.0331.